The van der Waals surface area contributed by atoms with Crippen LogP contribution in [0, 0.1) is 0 Å². The molecular formula is C9H18FNO2. The summed E-state index contributed by atoms with van der Waals surface area (Å²) in [6, 6.07) is 0. The second-order valence-electron chi connectivity index (χ2n) is 2.89. The van der Waals surface area contributed by atoms with Crippen LogP contribution in [0.4, 0.5) is 4.39 Å². The first kappa shape index (κ1) is 12.4. The third-order valence-electron chi connectivity index (χ3n) is 1.73. The molecule has 0 amide bonds. The summed E-state index contributed by atoms with van der Waals surface area (Å²) in [6.45, 7) is 3.40. The molecule has 0 bridgehead atoms. The molecule has 0 unspecified atom stereocenters. The van der Waals surface area contributed by atoms with E-state index in [1.807, 2.05) is 11.8 Å². The molecule has 0 heterocycles. The highest BCUT2D eigenvalue weighted by Crippen LogP contribution is 1.95. The van der Waals surface area contributed by atoms with Crippen molar-refractivity contribution in [3.05, 3.63) is 0 Å². The number of ether oxygens (including phenoxy) is 1. The van der Waals surface area contributed by atoms with Gasteiger partial charge >= 0.3 is 5.97 Å². The standard InChI is InChI=1S/C9H18FNO2/c1-3-6-11(7-4-5-10)8-9(12)13-2/h3-8H2,1-2H3. The average molecular weight is 191 g/mol. The maximum Gasteiger partial charge on any atom is 0.319 e. The van der Waals surface area contributed by atoms with Gasteiger partial charge < -0.3 is 4.74 Å². The van der Waals surface area contributed by atoms with Crippen LogP contribution in [-0.2, 0) is 9.53 Å². The van der Waals surface area contributed by atoms with Crippen molar-refractivity contribution in [2.75, 3.05) is 33.4 Å². The fraction of sp³-hybridized carbons (Fsp3) is 0.889. The van der Waals surface area contributed by atoms with Gasteiger partial charge in [-0.1, -0.05) is 6.92 Å². The molecule has 0 rings (SSSR count). The lowest BCUT2D eigenvalue weighted by molar-refractivity contribution is -0.141. The number of carbonyl (C=O) groups excluding carboxylic acids is 1. The number of esters is 1. The molecule has 0 fully saturated rings. The minimum Gasteiger partial charge on any atom is -0.468 e. The average Bonchev–Trinajstić information content (AvgIpc) is 2.14. The molecule has 13 heavy (non-hydrogen) atoms. The maximum absolute atomic E-state index is 11.9. The van der Waals surface area contributed by atoms with Crippen molar-refractivity contribution in [2.45, 2.75) is 19.8 Å². The third-order valence-corrected chi connectivity index (χ3v) is 1.73. The van der Waals surface area contributed by atoms with Gasteiger partial charge in [-0.15, -0.1) is 0 Å². The summed E-state index contributed by atoms with van der Waals surface area (Å²) in [6.07, 6.45) is 1.44. The number of halogens is 1. The molecular weight excluding hydrogens is 173 g/mol. The van der Waals surface area contributed by atoms with Crippen molar-refractivity contribution >= 4 is 5.97 Å². The van der Waals surface area contributed by atoms with E-state index < -0.39 is 0 Å². The number of rotatable bonds is 7. The molecule has 0 aliphatic carbocycles. The van der Waals surface area contributed by atoms with Gasteiger partial charge in [0.25, 0.3) is 0 Å². The van der Waals surface area contributed by atoms with Crippen molar-refractivity contribution in [3.63, 3.8) is 0 Å². The monoisotopic (exact) mass is 191 g/mol. The zero-order chi connectivity index (χ0) is 10.1. The smallest absolute Gasteiger partial charge is 0.319 e. The van der Waals surface area contributed by atoms with Crippen LogP contribution >= 0.6 is 0 Å². The predicted molar refractivity (Wildman–Crippen MR) is 49.3 cm³/mol. The van der Waals surface area contributed by atoms with Gasteiger partial charge in [0.2, 0.25) is 0 Å². The summed E-state index contributed by atoms with van der Waals surface area (Å²) in [5.41, 5.74) is 0. The Kier molecular flexibility index (Phi) is 7.59. The molecule has 0 aromatic heterocycles. The van der Waals surface area contributed by atoms with Crippen LogP contribution in [0.1, 0.15) is 19.8 Å². The van der Waals surface area contributed by atoms with Gasteiger partial charge in [-0.05, 0) is 19.4 Å². The Bertz CT molecular complexity index is 142. The van der Waals surface area contributed by atoms with Crippen LogP contribution in [0.25, 0.3) is 0 Å². The first-order valence-electron chi connectivity index (χ1n) is 4.59. The van der Waals surface area contributed by atoms with Crippen LogP contribution in [0.5, 0.6) is 0 Å². The summed E-state index contributed by atoms with van der Waals surface area (Å²) in [5.74, 6) is -0.257. The normalized spacial score (nSPS) is 10.5. The van der Waals surface area contributed by atoms with Gasteiger partial charge in [0.05, 0.1) is 20.3 Å². The predicted octanol–water partition coefficient (Wildman–Crippen LogP) is 1.23. The molecule has 0 aliphatic rings. The molecule has 0 saturated carbocycles. The van der Waals surface area contributed by atoms with E-state index >= 15 is 0 Å². The molecule has 0 N–H and O–H groups in total. The van der Waals surface area contributed by atoms with E-state index in [1.165, 1.54) is 7.11 Å². The zero-order valence-corrected chi connectivity index (χ0v) is 8.38. The third kappa shape index (κ3) is 6.51. The molecule has 4 heteroatoms. The van der Waals surface area contributed by atoms with Crippen LogP contribution in [0.3, 0.4) is 0 Å². The van der Waals surface area contributed by atoms with Gasteiger partial charge in [0.1, 0.15) is 0 Å². The topological polar surface area (TPSA) is 29.5 Å². The lowest BCUT2D eigenvalue weighted by atomic mass is 10.3. The van der Waals surface area contributed by atoms with E-state index in [0.717, 1.165) is 13.0 Å². The number of alkyl halides is 1. The fourth-order valence-electron chi connectivity index (χ4n) is 1.12. The summed E-state index contributed by atoms with van der Waals surface area (Å²) in [4.78, 5) is 12.8. The van der Waals surface area contributed by atoms with Crippen molar-refractivity contribution in [3.8, 4) is 0 Å². The maximum atomic E-state index is 11.9. The minimum atomic E-state index is -0.332. The second-order valence-corrected chi connectivity index (χ2v) is 2.89. The Labute approximate surface area is 78.9 Å². The van der Waals surface area contributed by atoms with Gasteiger partial charge in [-0.25, -0.2) is 0 Å². The fourth-order valence-corrected chi connectivity index (χ4v) is 1.12. The van der Waals surface area contributed by atoms with E-state index in [2.05, 4.69) is 4.74 Å². The van der Waals surface area contributed by atoms with Gasteiger partial charge in [-0.2, -0.15) is 0 Å². The van der Waals surface area contributed by atoms with Crippen molar-refractivity contribution in [1.29, 1.82) is 0 Å². The first-order valence-corrected chi connectivity index (χ1v) is 4.59. The highest BCUT2D eigenvalue weighted by Gasteiger charge is 2.08. The summed E-state index contributed by atoms with van der Waals surface area (Å²) in [5, 5.41) is 0. The van der Waals surface area contributed by atoms with Gasteiger partial charge in [0.15, 0.2) is 0 Å². The Hall–Kier alpha value is -0.640. The Balaban J connectivity index is 3.71. The van der Waals surface area contributed by atoms with Gasteiger partial charge in [0, 0.05) is 6.54 Å². The molecule has 3 nitrogen and oxygen atoms in total. The largest absolute Gasteiger partial charge is 0.468 e. The Morgan fingerprint density at radius 1 is 1.46 bits per heavy atom. The SMILES string of the molecule is CCCN(CCCF)CC(=O)OC. The van der Waals surface area contributed by atoms with Crippen molar-refractivity contribution < 1.29 is 13.9 Å². The van der Waals surface area contributed by atoms with Crippen LogP contribution in [-0.4, -0.2) is 44.3 Å². The van der Waals surface area contributed by atoms with E-state index in [-0.39, 0.29) is 19.2 Å². The molecule has 78 valence electrons. The molecule has 0 aromatic carbocycles. The number of methoxy groups -OCH3 is 1. The number of hydrogen-bond donors (Lipinski definition) is 0. The van der Waals surface area contributed by atoms with Gasteiger partial charge in [-0.3, -0.25) is 14.1 Å². The quantitative estimate of drug-likeness (QED) is 0.567. The lowest BCUT2D eigenvalue weighted by Gasteiger charge is -2.19. The number of hydrogen-bond acceptors (Lipinski definition) is 3. The molecule has 0 saturated heterocycles. The first-order chi connectivity index (χ1) is 6.24. The number of carbonyl (C=O) groups is 1. The van der Waals surface area contributed by atoms with E-state index in [9.17, 15) is 9.18 Å². The molecule has 0 spiro atoms. The van der Waals surface area contributed by atoms with E-state index in [4.69, 9.17) is 0 Å². The summed E-state index contributed by atoms with van der Waals surface area (Å²) < 4.78 is 16.4. The van der Waals surface area contributed by atoms with Crippen LogP contribution < -0.4 is 0 Å². The molecule has 0 aliphatic heterocycles. The number of nitrogens with zero attached hydrogens (tertiary/aromatic N) is 1. The van der Waals surface area contributed by atoms with Crippen LogP contribution in [0.15, 0.2) is 0 Å². The van der Waals surface area contributed by atoms with Crippen LogP contribution in [0.2, 0.25) is 0 Å². The molecule has 0 radical (unpaired) electrons. The second kappa shape index (κ2) is 7.98. The Morgan fingerprint density at radius 3 is 2.62 bits per heavy atom. The molecule has 0 aromatic rings. The molecule has 0 atom stereocenters. The van der Waals surface area contributed by atoms with Crippen molar-refractivity contribution in [1.82, 2.24) is 4.90 Å². The highest BCUT2D eigenvalue weighted by atomic mass is 19.1. The Morgan fingerprint density at radius 2 is 2.15 bits per heavy atom. The van der Waals surface area contributed by atoms with E-state index in [1.54, 1.807) is 0 Å². The zero-order valence-electron chi connectivity index (χ0n) is 8.38. The van der Waals surface area contributed by atoms with E-state index in [0.29, 0.717) is 13.0 Å². The minimum absolute atomic E-state index is 0.257. The van der Waals surface area contributed by atoms with Crippen molar-refractivity contribution in [2.24, 2.45) is 0 Å². The summed E-state index contributed by atoms with van der Waals surface area (Å²) >= 11 is 0. The highest BCUT2D eigenvalue weighted by molar-refractivity contribution is 5.71. The summed E-state index contributed by atoms with van der Waals surface area (Å²) in [7, 11) is 1.36. The lowest BCUT2D eigenvalue weighted by Crippen LogP contribution is -2.32.